The van der Waals surface area contributed by atoms with Gasteiger partial charge < -0.3 is 19.5 Å². The fourth-order valence-electron chi connectivity index (χ4n) is 2.46. The molecule has 0 aliphatic rings. The SMILES string of the molecule is COc1cc(OC)c(OC)cc1CNC(=O)CCc1ccccc1Br. The van der Waals surface area contributed by atoms with Crippen LogP contribution in [0.5, 0.6) is 17.2 Å². The van der Waals surface area contributed by atoms with Gasteiger partial charge in [-0.05, 0) is 24.1 Å². The van der Waals surface area contributed by atoms with E-state index in [9.17, 15) is 4.79 Å². The zero-order valence-corrected chi connectivity index (χ0v) is 16.2. The smallest absolute Gasteiger partial charge is 0.220 e. The Morgan fingerprint density at radius 1 is 0.960 bits per heavy atom. The summed E-state index contributed by atoms with van der Waals surface area (Å²) in [6.45, 7) is 0.359. The summed E-state index contributed by atoms with van der Waals surface area (Å²) in [5.74, 6) is 1.81. The third-order valence-corrected chi connectivity index (χ3v) is 4.62. The lowest BCUT2D eigenvalue weighted by molar-refractivity contribution is -0.121. The molecule has 0 aliphatic heterocycles. The summed E-state index contributed by atoms with van der Waals surface area (Å²) in [7, 11) is 4.73. The standard InChI is InChI=1S/C19H22BrNO4/c1-23-16-11-18(25-3)17(24-2)10-14(16)12-21-19(22)9-8-13-6-4-5-7-15(13)20/h4-7,10-11H,8-9,12H2,1-3H3,(H,21,22). The maximum Gasteiger partial charge on any atom is 0.220 e. The van der Waals surface area contributed by atoms with E-state index < -0.39 is 0 Å². The monoisotopic (exact) mass is 407 g/mol. The maximum atomic E-state index is 12.2. The van der Waals surface area contributed by atoms with Crippen molar-refractivity contribution in [2.45, 2.75) is 19.4 Å². The number of benzene rings is 2. The van der Waals surface area contributed by atoms with Crippen molar-refractivity contribution < 1.29 is 19.0 Å². The summed E-state index contributed by atoms with van der Waals surface area (Å²) < 4.78 is 17.0. The first kappa shape index (κ1) is 19.1. The van der Waals surface area contributed by atoms with Crippen LogP contribution in [0.15, 0.2) is 40.9 Å². The molecule has 0 heterocycles. The molecule has 0 spiro atoms. The molecule has 134 valence electrons. The Bertz CT molecular complexity index is 733. The number of aryl methyl sites for hydroxylation is 1. The lowest BCUT2D eigenvalue weighted by atomic mass is 10.1. The van der Waals surface area contributed by atoms with Crippen LogP contribution in [0.4, 0.5) is 0 Å². The third kappa shape index (κ3) is 5.13. The number of methoxy groups -OCH3 is 3. The topological polar surface area (TPSA) is 56.8 Å². The van der Waals surface area contributed by atoms with Gasteiger partial charge in [-0.25, -0.2) is 0 Å². The second-order valence-corrected chi connectivity index (χ2v) is 6.24. The molecule has 2 aromatic carbocycles. The molecule has 1 amide bonds. The lowest BCUT2D eigenvalue weighted by Crippen LogP contribution is -2.23. The highest BCUT2D eigenvalue weighted by Gasteiger charge is 2.13. The zero-order chi connectivity index (χ0) is 18.2. The van der Waals surface area contributed by atoms with Gasteiger partial charge >= 0.3 is 0 Å². The van der Waals surface area contributed by atoms with Crippen LogP contribution in [-0.4, -0.2) is 27.2 Å². The van der Waals surface area contributed by atoms with E-state index in [0.29, 0.717) is 36.6 Å². The van der Waals surface area contributed by atoms with Crippen molar-refractivity contribution in [2.24, 2.45) is 0 Å². The molecule has 0 atom stereocenters. The summed E-state index contributed by atoms with van der Waals surface area (Å²) in [6, 6.07) is 11.5. The Hall–Kier alpha value is -2.21. The molecule has 0 bridgehead atoms. The van der Waals surface area contributed by atoms with Crippen LogP contribution >= 0.6 is 15.9 Å². The molecule has 5 nitrogen and oxygen atoms in total. The molecular weight excluding hydrogens is 386 g/mol. The summed E-state index contributed by atoms with van der Waals surface area (Å²) in [5.41, 5.74) is 1.94. The minimum Gasteiger partial charge on any atom is -0.496 e. The molecule has 25 heavy (non-hydrogen) atoms. The molecule has 0 aliphatic carbocycles. The van der Waals surface area contributed by atoms with Crippen molar-refractivity contribution in [2.75, 3.05) is 21.3 Å². The van der Waals surface area contributed by atoms with Gasteiger partial charge in [-0.15, -0.1) is 0 Å². The molecule has 0 saturated carbocycles. The van der Waals surface area contributed by atoms with Crippen LogP contribution in [0.1, 0.15) is 17.5 Å². The Balaban J connectivity index is 1.98. The third-order valence-electron chi connectivity index (χ3n) is 3.84. The van der Waals surface area contributed by atoms with Crippen LogP contribution in [0.2, 0.25) is 0 Å². The first-order chi connectivity index (χ1) is 12.1. The molecule has 0 aromatic heterocycles. The molecule has 2 aromatic rings. The Labute approximate surface area is 156 Å². The lowest BCUT2D eigenvalue weighted by Gasteiger charge is -2.14. The van der Waals surface area contributed by atoms with Gasteiger partial charge in [0.15, 0.2) is 11.5 Å². The molecular formula is C19H22BrNO4. The van der Waals surface area contributed by atoms with E-state index in [0.717, 1.165) is 15.6 Å². The Morgan fingerprint density at radius 2 is 1.60 bits per heavy atom. The minimum absolute atomic E-state index is 0.0207. The van der Waals surface area contributed by atoms with Gasteiger partial charge in [-0.2, -0.15) is 0 Å². The van der Waals surface area contributed by atoms with Crippen LogP contribution in [0, 0.1) is 0 Å². The molecule has 6 heteroatoms. The Kier molecular flexibility index (Phi) is 7.13. The van der Waals surface area contributed by atoms with Gasteiger partial charge in [0.25, 0.3) is 0 Å². The Morgan fingerprint density at radius 3 is 2.24 bits per heavy atom. The average molecular weight is 408 g/mol. The minimum atomic E-state index is -0.0207. The van der Waals surface area contributed by atoms with E-state index in [1.54, 1.807) is 27.4 Å². The highest BCUT2D eigenvalue weighted by atomic mass is 79.9. The first-order valence-electron chi connectivity index (χ1n) is 7.88. The van der Waals surface area contributed by atoms with Crippen molar-refractivity contribution in [3.05, 3.63) is 52.0 Å². The fourth-order valence-corrected chi connectivity index (χ4v) is 2.95. The maximum absolute atomic E-state index is 12.2. The number of ether oxygens (including phenoxy) is 3. The summed E-state index contributed by atoms with van der Waals surface area (Å²) >= 11 is 3.50. The number of carbonyl (C=O) groups excluding carboxylic acids is 1. The number of hydrogen-bond donors (Lipinski definition) is 1. The molecule has 0 unspecified atom stereocenters. The van der Waals surface area contributed by atoms with Crippen molar-refractivity contribution in [3.8, 4) is 17.2 Å². The summed E-state index contributed by atoms with van der Waals surface area (Å²) in [6.07, 6.45) is 1.09. The average Bonchev–Trinajstić information content (AvgIpc) is 2.64. The second-order valence-electron chi connectivity index (χ2n) is 5.39. The van der Waals surface area contributed by atoms with Gasteiger partial charge in [0.2, 0.25) is 5.91 Å². The fraction of sp³-hybridized carbons (Fsp3) is 0.316. The molecule has 0 fully saturated rings. The van der Waals surface area contributed by atoms with Gasteiger partial charge in [-0.3, -0.25) is 4.79 Å². The predicted molar refractivity (Wildman–Crippen MR) is 100 cm³/mol. The van der Waals surface area contributed by atoms with Crippen molar-refractivity contribution in [3.63, 3.8) is 0 Å². The van der Waals surface area contributed by atoms with Crippen molar-refractivity contribution in [1.82, 2.24) is 5.32 Å². The normalized spacial score (nSPS) is 10.2. The summed E-state index contributed by atoms with van der Waals surface area (Å²) in [4.78, 5) is 12.2. The van der Waals surface area contributed by atoms with Crippen LogP contribution in [0.3, 0.4) is 0 Å². The van der Waals surface area contributed by atoms with Gasteiger partial charge in [-0.1, -0.05) is 34.1 Å². The molecule has 2 rings (SSSR count). The van der Waals surface area contributed by atoms with E-state index in [-0.39, 0.29) is 5.91 Å². The van der Waals surface area contributed by atoms with Crippen LogP contribution in [0.25, 0.3) is 0 Å². The largest absolute Gasteiger partial charge is 0.496 e. The number of halogens is 1. The quantitative estimate of drug-likeness (QED) is 0.724. The highest BCUT2D eigenvalue weighted by Crippen LogP contribution is 2.34. The number of rotatable bonds is 8. The predicted octanol–water partition coefficient (Wildman–Crippen LogP) is 3.72. The number of nitrogens with one attached hydrogen (secondary N) is 1. The van der Waals surface area contributed by atoms with Crippen molar-refractivity contribution in [1.29, 1.82) is 0 Å². The number of amides is 1. The van der Waals surface area contributed by atoms with Crippen LogP contribution in [-0.2, 0) is 17.8 Å². The van der Waals surface area contributed by atoms with E-state index in [1.807, 2.05) is 30.3 Å². The summed E-state index contributed by atoms with van der Waals surface area (Å²) in [5, 5.41) is 2.92. The van der Waals surface area contributed by atoms with Gasteiger partial charge in [0, 0.05) is 29.1 Å². The van der Waals surface area contributed by atoms with E-state index in [2.05, 4.69) is 21.2 Å². The van der Waals surface area contributed by atoms with Gasteiger partial charge in [0.05, 0.1) is 21.3 Å². The van der Waals surface area contributed by atoms with E-state index in [1.165, 1.54) is 0 Å². The van der Waals surface area contributed by atoms with Gasteiger partial charge in [0.1, 0.15) is 5.75 Å². The molecule has 0 radical (unpaired) electrons. The highest BCUT2D eigenvalue weighted by molar-refractivity contribution is 9.10. The van der Waals surface area contributed by atoms with E-state index >= 15 is 0 Å². The molecule has 0 saturated heterocycles. The van der Waals surface area contributed by atoms with E-state index in [4.69, 9.17) is 14.2 Å². The zero-order valence-electron chi connectivity index (χ0n) is 14.6. The van der Waals surface area contributed by atoms with Crippen molar-refractivity contribution >= 4 is 21.8 Å². The second kappa shape index (κ2) is 9.32. The first-order valence-corrected chi connectivity index (χ1v) is 8.67. The van der Waals surface area contributed by atoms with Crippen LogP contribution < -0.4 is 19.5 Å². The molecule has 1 N–H and O–H groups in total. The number of carbonyl (C=O) groups is 1. The number of hydrogen-bond acceptors (Lipinski definition) is 4.